The van der Waals surface area contributed by atoms with E-state index in [0.29, 0.717) is 6.54 Å². The standard InChI is InChI=1S/C12H24F3N/c1-9(2)10(12(13,14)15)16-8-6-7-11(3,4)5/h9-10,16H,6-8H2,1-5H3/t10-/m0/s1. The van der Waals surface area contributed by atoms with Crippen molar-refractivity contribution in [1.29, 1.82) is 0 Å². The Balaban J connectivity index is 3.97. The number of alkyl halides is 3. The second-order valence-corrected chi connectivity index (χ2v) is 5.88. The molecule has 0 aromatic rings. The highest BCUT2D eigenvalue weighted by Gasteiger charge is 2.40. The predicted octanol–water partition coefficient (Wildman–Crippen LogP) is 3.99. The van der Waals surface area contributed by atoms with E-state index in [1.54, 1.807) is 13.8 Å². The van der Waals surface area contributed by atoms with E-state index >= 15 is 0 Å². The smallest absolute Gasteiger partial charge is 0.306 e. The van der Waals surface area contributed by atoms with Crippen molar-refractivity contribution < 1.29 is 13.2 Å². The van der Waals surface area contributed by atoms with Crippen molar-refractivity contribution in [2.24, 2.45) is 11.3 Å². The van der Waals surface area contributed by atoms with Gasteiger partial charge in [0.05, 0.1) is 0 Å². The van der Waals surface area contributed by atoms with Gasteiger partial charge < -0.3 is 5.32 Å². The second kappa shape index (κ2) is 5.89. The molecule has 0 aliphatic carbocycles. The van der Waals surface area contributed by atoms with Crippen molar-refractivity contribution in [2.75, 3.05) is 6.54 Å². The van der Waals surface area contributed by atoms with E-state index in [1.165, 1.54) is 0 Å². The Morgan fingerprint density at radius 3 is 1.88 bits per heavy atom. The van der Waals surface area contributed by atoms with E-state index in [4.69, 9.17) is 0 Å². The average molecular weight is 239 g/mol. The van der Waals surface area contributed by atoms with Gasteiger partial charge in [0.1, 0.15) is 6.04 Å². The van der Waals surface area contributed by atoms with Crippen LogP contribution in [0.4, 0.5) is 13.2 Å². The first-order chi connectivity index (χ1) is 7.04. The molecule has 4 heteroatoms. The summed E-state index contributed by atoms with van der Waals surface area (Å²) < 4.78 is 37.7. The summed E-state index contributed by atoms with van der Waals surface area (Å²) in [5.74, 6) is -0.422. The lowest BCUT2D eigenvalue weighted by atomic mass is 9.90. The van der Waals surface area contributed by atoms with Crippen molar-refractivity contribution in [3.05, 3.63) is 0 Å². The Kier molecular flexibility index (Phi) is 5.80. The molecule has 0 aliphatic heterocycles. The molecule has 0 spiro atoms. The minimum Gasteiger partial charge on any atom is -0.306 e. The molecule has 0 aliphatic rings. The molecule has 0 bridgehead atoms. The zero-order valence-corrected chi connectivity index (χ0v) is 10.9. The first-order valence-electron chi connectivity index (χ1n) is 5.84. The zero-order chi connectivity index (χ0) is 13.0. The summed E-state index contributed by atoms with van der Waals surface area (Å²) in [5.41, 5.74) is 0.188. The maximum atomic E-state index is 12.6. The third kappa shape index (κ3) is 7.09. The molecule has 1 atom stereocenters. The molecule has 0 unspecified atom stereocenters. The summed E-state index contributed by atoms with van der Waals surface area (Å²) in [5, 5.41) is 2.61. The summed E-state index contributed by atoms with van der Waals surface area (Å²) in [6, 6.07) is -1.38. The Morgan fingerprint density at radius 2 is 1.56 bits per heavy atom. The third-order valence-corrected chi connectivity index (χ3v) is 2.49. The largest absolute Gasteiger partial charge is 0.404 e. The van der Waals surface area contributed by atoms with E-state index in [2.05, 4.69) is 26.1 Å². The van der Waals surface area contributed by atoms with Crippen molar-refractivity contribution in [2.45, 2.75) is 59.7 Å². The van der Waals surface area contributed by atoms with Gasteiger partial charge in [0.2, 0.25) is 0 Å². The summed E-state index contributed by atoms with van der Waals surface area (Å²) in [6.07, 6.45) is -2.43. The topological polar surface area (TPSA) is 12.0 Å². The summed E-state index contributed by atoms with van der Waals surface area (Å²) in [4.78, 5) is 0. The highest BCUT2D eigenvalue weighted by Crippen LogP contribution is 2.26. The molecule has 0 aromatic carbocycles. The Morgan fingerprint density at radius 1 is 1.06 bits per heavy atom. The summed E-state index contributed by atoms with van der Waals surface area (Å²) in [7, 11) is 0. The fraction of sp³-hybridized carbons (Fsp3) is 1.00. The van der Waals surface area contributed by atoms with E-state index in [-0.39, 0.29) is 5.41 Å². The molecule has 0 aromatic heterocycles. The predicted molar refractivity (Wildman–Crippen MR) is 61.4 cm³/mol. The van der Waals surface area contributed by atoms with Crippen LogP contribution in [0.15, 0.2) is 0 Å². The normalized spacial score (nSPS) is 15.6. The maximum Gasteiger partial charge on any atom is 0.404 e. The van der Waals surface area contributed by atoms with Gasteiger partial charge in [0.25, 0.3) is 0 Å². The number of rotatable bonds is 5. The van der Waals surface area contributed by atoms with E-state index in [9.17, 15) is 13.2 Å². The van der Waals surface area contributed by atoms with Gasteiger partial charge in [-0.2, -0.15) is 13.2 Å². The Labute approximate surface area is 96.8 Å². The van der Waals surface area contributed by atoms with E-state index in [1.807, 2.05) is 0 Å². The average Bonchev–Trinajstić information content (AvgIpc) is 1.97. The van der Waals surface area contributed by atoms with Crippen LogP contribution in [-0.2, 0) is 0 Å². The fourth-order valence-electron chi connectivity index (χ4n) is 1.61. The third-order valence-electron chi connectivity index (χ3n) is 2.49. The molecule has 0 fully saturated rings. The fourth-order valence-corrected chi connectivity index (χ4v) is 1.61. The van der Waals surface area contributed by atoms with Gasteiger partial charge in [-0.15, -0.1) is 0 Å². The molecule has 1 nitrogen and oxygen atoms in total. The van der Waals surface area contributed by atoms with Crippen LogP contribution in [0, 0.1) is 11.3 Å². The van der Waals surface area contributed by atoms with Crippen LogP contribution in [0.2, 0.25) is 0 Å². The first kappa shape index (κ1) is 15.8. The quantitative estimate of drug-likeness (QED) is 0.715. The molecule has 0 amide bonds. The lowest BCUT2D eigenvalue weighted by molar-refractivity contribution is -0.165. The van der Waals surface area contributed by atoms with E-state index in [0.717, 1.165) is 12.8 Å². The Bertz CT molecular complexity index is 191. The van der Waals surface area contributed by atoms with Crippen LogP contribution in [0.1, 0.15) is 47.5 Å². The monoisotopic (exact) mass is 239 g/mol. The lowest BCUT2D eigenvalue weighted by Crippen LogP contribution is -2.46. The molecule has 0 radical (unpaired) electrons. The van der Waals surface area contributed by atoms with Gasteiger partial charge in [-0.25, -0.2) is 0 Å². The number of halogens is 3. The molecule has 1 N–H and O–H groups in total. The molecule has 0 rings (SSSR count). The number of nitrogens with one attached hydrogen (secondary N) is 1. The highest BCUT2D eigenvalue weighted by molar-refractivity contribution is 4.78. The van der Waals surface area contributed by atoms with Crippen LogP contribution < -0.4 is 5.32 Å². The number of hydrogen-bond acceptors (Lipinski definition) is 1. The molecule has 16 heavy (non-hydrogen) atoms. The van der Waals surface area contributed by atoms with Crippen LogP contribution in [0.25, 0.3) is 0 Å². The van der Waals surface area contributed by atoms with Crippen molar-refractivity contribution in [1.82, 2.24) is 5.32 Å². The highest BCUT2D eigenvalue weighted by atomic mass is 19.4. The SMILES string of the molecule is CC(C)[C@H](NCCCC(C)(C)C)C(F)(F)F. The van der Waals surface area contributed by atoms with Gasteiger partial charge >= 0.3 is 6.18 Å². The molecular formula is C12H24F3N. The lowest BCUT2D eigenvalue weighted by Gasteiger charge is -2.26. The molecule has 0 saturated heterocycles. The molecule has 0 saturated carbocycles. The molecule has 0 heterocycles. The van der Waals surface area contributed by atoms with E-state index < -0.39 is 18.1 Å². The van der Waals surface area contributed by atoms with Gasteiger partial charge in [-0.1, -0.05) is 34.6 Å². The van der Waals surface area contributed by atoms with Crippen LogP contribution in [0.5, 0.6) is 0 Å². The molecular weight excluding hydrogens is 215 g/mol. The maximum absolute atomic E-state index is 12.6. The van der Waals surface area contributed by atoms with Gasteiger partial charge in [0, 0.05) is 0 Å². The zero-order valence-electron chi connectivity index (χ0n) is 10.9. The molecule has 98 valence electrons. The first-order valence-corrected chi connectivity index (χ1v) is 5.84. The minimum absolute atomic E-state index is 0.188. The van der Waals surface area contributed by atoms with Gasteiger partial charge in [-0.05, 0) is 30.7 Å². The van der Waals surface area contributed by atoms with Crippen LogP contribution in [-0.4, -0.2) is 18.8 Å². The van der Waals surface area contributed by atoms with Gasteiger partial charge in [0.15, 0.2) is 0 Å². The summed E-state index contributed by atoms with van der Waals surface area (Å²) in [6.45, 7) is 9.90. The Hall–Kier alpha value is -0.250. The van der Waals surface area contributed by atoms with Crippen LogP contribution in [0.3, 0.4) is 0 Å². The number of hydrogen-bond donors (Lipinski definition) is 1. The van der Waals surface area contributed by atoms with Crippen molar-refractivity contribution >= 4 is 0 Å². The van der Waals surface area contributed by atoms with Crippen molar-refractivity contribution in [3.8, 4) is 0 Å². The van der Waals surface area contributed by atoms with Crippen molar-refractivity contribution in [3.63, 3.8) is 0 Å². The van der Waals surface area contributed by atoms with Crippen LogP contribution >= 0.6 is 0 Å². The minimum atomic E-state index is -4.14. The second-order valence-electron chi connectivity index (χ2n) is 5.88. The van der Waals surface area contributed by atoms with Gasteiger partial charge in [-0.3, -0.25) is 0 Å². The summed E-state index contributed by atoms with van der Waals surface area (Å²) >= 11 is 0.